The fourth-order valence-electron chi connectivity index (χ4n) is 4.72. The van der Waals surface area contributed by atoms with Crippen molar-refractivity contribution >= 4 is 35.0 Å². The Bertz CT molecular complexity index is 1280. The third kappa shape index (κ3) is 5.19. The number of anilines is 1. The van der Waals surface area contributed by atoms with E-state index in [9.17, 15) is 14.7 Å². The van der Waals surface area contributed by atoms with Crippen LogP contribution in [0, 0.1) is 5.82 Å². The molecule has 2 aromatic carbocycles. The summed E-state index contributed by atoms with van der Waals surface area (Å²) >= 11 is 0. The van der Waals surface area contributed by atoms with Gasteiger partial charge in [-0.1, -0.05) is 24.3 Å². The first-order valence-corrected chi connectivity index (χ1v) is 11.6. The molecule has 0 unspecified atom stereocenters. The summed E-state index contributed by atoms with van der Waals surface area (Å²) < 4.78 is 22.2. The SMILES string of the molecule is COCc1ccc(CN2CCN(c3cc4c(cc3F)c(=O)c(C(=O)O)cn4C3CC3)CC2)cc1.Cl. The quantitative estimate of drug-likeness (QED) is 0.526. The summed E-state index contributed by atoms with van der Waals surface area (Å²) in [5.74, 6) is -1.77. The first-order valence-electron chi connectivity index (χ1n) is 11.6. The first-order chi connectivity index (χ1) is 16.4. The van der Waals surface area contributed by atoms with E-state index < -0.39 is 17.2 Å². The Morgan fingerprint density at radius 3 is 2.34 bits per heavy atom. The number of hydrogen-bond acceptors (Lipinski definition) is 5. The van der Waals surface area contributed by atoms with Crippen LogP contribution in [-0.4, -0.2) is 53.8 Å². The monoisotopic (exact) mass is 501 g/mol. The Labute approximate surface area is 209 Å². The number of benzene rings is 2. The van der Waals surface area contributed by atoms with E-state index in [1.165, 1.54) is 17.8 Å². The van der Waals surface area contributed by atoms with Crippen LogP contribution in [0.2, 0.25) is 0 Å². The first kappa shape index (κ1) is 25.2. The molecule has 0 atom stereocenters. The number of fused-ring (bicyclic) bond motifs is 1. The van der Waals surface area contributed by atoms with Crippen molar-refractivity contribution in [1.82, 2.24) is 9.47 Å². The molecular formula is C26H29ClFN3O4. The number of aromatic nitrogens is 1. The van der Waals surface area contributed by atoms with E-state index in [4.69, 9.17) is 4.74 Å². The molecule has 0 amide bonds. The molecule has 186 valence electrons. The number of methoxy groups -OCH3 is 1. The van der Waals surface area contributed by atoms with Crippen molar-refractivity contribution in [2.24, 2.45) is 0 Å². The fourth-order valence-corrected chi connectivity index (χ4v) is 4.72. The van der Waals surface area contributed by atoms with E-state index in [2.05, 4.69) is 29.2 Å². The summed E-state index contributed by atoms with van der Waals surface area (Å²) in [6.07, 6.45) is 3.27. The van der Waals surface area contributed by atoms with E-state index in [0.717, 1.165) is 38.0 Å². The largest absolute Gasteiger partial charge is 0.477 e. The van der Waals surface area contributed by atoms with Crippen LogP contribution >= 0.6 is 12.4 Å². The van der Waals surface area contributed by atoms with E-state index in [-0.39, 0.29) is 29.4 Å². The van der Waals surface area contributed by atoms with Crippen molar-refractivity contribution in [3.8, 4) is 0 Å². The van der Waals surface area contributed by atoms with E-state index >= 15 is 4.39 Å². The predicted molar refractivity (Wildman–Crippen MR) is 135 cm³/mol. The van der Waals surface area contributed by atoms with Gasteiger partial charge in [-0.2, -0.15) is 0 Å². The third-order valence-corrected chi connectivity index (χ3v) is 6.72. The second-order valence-electron chi connectivity index (χ2n) is 9.15. The van der Waals surface area contributed by atoms with Gasteiger partial charge in [0.2, 0.25) is 5.43 Å². The van der Waals surface area contributed by atoms with Gasteiger partial charge in [-0.25, -0.2) is 9.18 Å². The highest BCUT2D eigenvalue weighted by atomic mass is 35.5. The number of nitrogens with zero attached hydrogens (tertiary/aromatic N) is 3. The van der Waals surface area contributed by atoms with Gasteiger partial charge in [-0.3, -0.25) is 9.69 Å². The van der Waals surface area contributed by atoms with Crippen LogP contribution in [0.25, 0.3) is 10.9 Å². The molecule has 3 aromatic rings. The van der Waals surface area contributed by atoms with Crippen LogP contribution in [-0.2, 0) is 17.9 Å². The average molecular weight is 502 g/mol. The lowest BCUT2D eigenvalue weighted by Gasteiger charge is -2.36. The number of pyridine rings is 1. The number of carbonyl (C=O) groups is 1. The van der Waals surface area contributed by atoms with Crippen molar-refractivity contribution in [2.75, 3.05) is 38.2 Å². The van der Waals surface area contributed by atoms with Gasteiger partial charge in [-0.05, 0) is 36.1 Å². The predicted octanol–water partition coefficient (Wildman–Crippen LogP) is 4.06. The zero-order valence-electron chi connectivity index (χ0n) is 19.6. The Morgan fingerprint density at radius 2 is 1.74 bits per heavy atom. The van der Waals surface area contributed by atoms with Gasteiger partial charge < -0.3 is 19.3 Å². The standard InChI is InChI=1S/C26H28FN3O4.ClH/c1-34-16-18-4-2-17(3-5-18)14-28-8-10-29(11-9-28)24-13-23-20(12-22(24)27)25(31)21(26(32)33)15-30(23)19-6-7-19;/h2-5,12-13,15,19H,6-11,14,16H2,1H3,(H,32,33);1H. The van der Waals surface area contributed by atoms with Crippen LogP contribution < -0.4 is 10.3 Å². The van der Waals surface area contributed by atoms with Crippen LogP contribution in [0.15, 0.2) is 47.4 Å². The van der Waals surface area contributed by atoms with Crippen molar-refractivity contribution in [3.63, 3.8) is 0 Å². The average Bonchev–Trinajstić information content (AvgIpc) is 3.67. The zero-order chi connectivity index (χ0) is 23.8. The van der Waals surface area contributed by atoms with E-state index in [1.54, 1.807) is 13.2 Å². The van der Waals surface area contributed by atoms with Gasteiger partial charge in [0.25, 0.3) is 0 Å². The highest BCUT2D eigenvalue weighted by Gasteiger charge is 2.28. The molecule has 0 radical (unpaired) electrons. The fraction of sp³-hybridized carbons (Fsp3) is 0.385. The number of hydrogen-bond donors (Lipinski definition) is 1. The van der Waals surface area contributed by atoms with Crippen molar-refractivity contribution < 1.29 is 19.0 Å². The normalized spacial score (nSPS) is 16.3. The van der Waals surface area contributed by atoms with Gasteiger partial charge in [-0.15, -0.1) is 12.4 Å². The topological polar surface area (TPSA) is 75.0 Å². The van der Waals surface area contributed by atoms with E-state index in [0.29, 0.717) is 30.9 Å². The second kappa shape index (κ2) is 10.4. The molecule has 0 bridgehead atoms. The molecule has 35 heavy (non-hydrogen) atoms. The number of carboxylic acids is 1. The van der Waals surface area contributed by atoms with Crippen LogP contribution in [0.3, 0.4) is 0 Å². The molecule has 1 aromatic heterocycles. The van der Waals surface area contributed by atoms with Crippen LogP contribution in [0.1, 0.15) is 40.4 Å². The van der Waals surface area contributed by atoms with Gasteiger partial charge in [0.1, 0.15) is 11.4 Å². The molecule has 1 aliphatic carbocycles. The summed E-state index contributed by atoms with van der Waals surface area (Å²) in [7, 11) is 1.68. The molecule has 2 heterocycles. The van der Waals surface area contributed by atoms with Gasteiger partial charge >= 0.3 is 5.97 Å². The van der Waals surface area contributed by atoms with Gasteiger partial charge in [0.15, 0.2) is 0 Å². The minimum atomic E-state index is -1.28. The minimum Gasteiger partial charge on any atom is -0.477 e. The molecule has 5 rings (SSSR count). The molecule has 1 aliphatic heterocycles. The van der Waals surface area contributed by atoms with E-state index in [1.807, 2.05) is 9.47 Å². The smallest absolute Gasteiger partial charge is 0.341 e. The Balaban J connectivity index is 0.00000289. The molecule has 1 saturated heterocycles. The van der Waals surface area contributed by atoms with Gasteiger partial charge in [0.05, 0.1) is 17.8 Å². The highest BCUT2D eigenvalue weighted by molar-refractivity contribution is 5.93. The third-order valence-electron chi connectivity index (χ3n) is 6.72. The second-order valence-corrected chi connectivity index (χ2v) is 9.15. The van der Waals surface area contributed by atoms with Crippen molar-refractivity contribution in [1.29, 1.82) is 0 Å². The minimum absolute atomic E-state index is 0. The number of rotatable bonds is 7. The summed E-state index contributed by atoms with van der Waals surface area (Å²) in [6, 6.07) is 11.5. The zero-order valence-corrected chi connectivity index (χ0v) is 20.4. The maximum atomic E-state index is 15.1. The molecular weight excluding hydrogens is 473 g/mol. The lowest BCUT2D eigenvalue weighted by Crippen LogP contribution is -2.46. The number of carboxylic acid groups (broad SMARTS) is 1. The summed E-state index contributed by atoms with van der Waals surface area (Å²) in [4.78, 5) is 28.6. The summed E-state index contributed by atoms with van der Waals surface area (Å²) in [5, 5.41) is 9.55. The number of aromatic carboxylic acids is 1. The maximum absolute atomic E-state index is 15.1. The van der Waals surface area contributed by atoms with Crippen LogP contribution in [0.4, 0.5) is 10.1 Å². The number of piperazine rings is 1. The number of ether oxygens (including phenoxy) is 1. The Morgan fingerprint density at radius 1 is 1.09 bits per heavy atom. The Kier molecular flexibility index (Phi) is 7.44. The lowest BCUT2D eigenvalue weighted by molar-refractivity contribution is 0.0695. The van der Waals surface area contributed by atoms with Crippen molar-refractivity contribution in [3.05, 3.63) is 75.3 Å². The molecule has 0 spiro atoms. The molecule has 2 aliphatic rings. The molecule has 9 heteroatoms. The van der Waals surface area contributed by atoms with Crippen LogP contribution in [0.5, 0.6) is 0 Å². The molecule has 7 nitrogen and oxygen atoms in total. The summed E-state index contributed by atoms with van der Waals surface area (Å²) in [6.45, 7) is 4.37. The molecule has 1 saturated carbocycles. The number of halogens is 2. The maximum Gasteiger partial charge on any atom is 0.341 e. The van der Waals surface area contributed by atoms with Gasteiger partial charge in [0, 0.05) is 57.5 Å². The lowest BCUT2D eigenvalue weighted by atomic mass is 10.1. The van der Waals surface area contributed by atoms with Crippen molar-refractivity contribution in [2.45, 2.75) is 32.0 Å². The highest BCUT2D eigenvalue weighted by Crippen LogP contribution is 2.38. The summed E-state index contributed by atoms with van der Waals surface area (Å²) in [5.41, 5.74) is 2.50. The molecule has 2 fully saturated rings. The molecule has 1 N–H and O–H groups in total. The Hall–Kier alpha value is -2.94.